The first kappa shape index (κ1) is 11.5. The second-order valence-electron chi connectivity index (χ2n) is 3.76. The fourth-order valence-corrected chi connectivity index (χ4v) is 1.67. The van der Waals surface area contributed by atoms with Gasteiger partial charge in [0.2, 0.25) is 0 Å². The summed E-state index contributed by atoms with van der Waals surface area (Å²) < 4.78 is 26.4. The monoisotopic (exact) mass is 234 g/mol. The molecule has 2 aromatic rings. The minimum Gasteiger partial charge on any atom is -0.383 e. The molecule has 2 nitrogen and oxygen atoms in total. The summed E-state index contributed by atoms with van der Waals surface area (Å²) in [5, 5.41) is 0. The minimum absolute atomic E-state index is 0.355. The number of rotatable bonds is 3. The van der Waals surface area contributed by atoms with Crippen LogP contribution in [0.2, 0.25) is 0 Å². The maximum absolute atomic E-state index is 13.4. The van der Waals surface area contributed by atoms with Gasteiger partial charge in [-0.15, -0.1) is 0 Å². The molecule has 17 heavy (non-hydrogen) atoms. The van der Waals surface area contributed by atoms with Crippen LogP contribution in [0.25, 0.3) is 0 Å². The van der Waals surface area contributed by atoms with Gasteiger partial charge < -0.3 is 5.73 Å². The van der Waals surface area contributed by atoms with Crippen LogP contribution in [-0.4, -0.2) is 4.98 Å². The summed E-state index contributed by atoms with van der Waals surface area (Å²) in [6.07, 6.45) is 2.54. The molecule has 0 bridgehead atoms. The number of nitrogen functional groups attached to an aromatic ring is 1. The molecular weight excluding hydrogens is 222 g/mol. The molecule has 0 aliphatic heterocycles. The Morgan fingerprint density at radius 3 is 2.47 bits per heavy atom. The normalized spacial score (nSPS) is 10.5. The molecule has 0 aliphatic carbocycles. The highest BCUT2D eigenvalue weighted by atomic mass is 19.2. The average molecular weight is 234 g/mol. The summed E-state index contributed by atoms with van der Waals surface area (Å²) >= 11 is 0. The molecule has 4 heteroatoms. The van der Waals surface area contributed by atoms with Gasteiger partial charge in [-0.25, -0.2) is 13.8 Å². The van der Waals surface area contributed by atoms with Gasteiger partial charge in [0.1, 0.15) is 5.82 Å². The van der Waals surface area contributed by atoms with E-state index in [9.17, 15) is 8.78 Å². The zero-order valence-corrected chi connectivity index (χ0v) is 9.16. The third-order valence-corrected chi connectivity index (χ3v) is 2.62. The van der Waals surface area contributed by atoms with Crippen molar-refractivity contribution in [3.05, 3.63) is 59.3 Å². The Balaban J connectivity index is 2.13. The maximum atomic E-state index is 13.4. The lowest BCUT2D eigenvalue weighted by Crippen LogP contribution is -2.01. The Hall–Kier alpha value is -1.97. The number of hydrogen-bond acceptors (Lipinski definition) is 2. The molecule has 1 aromatic carbocycles. The van der Waals surface area contributed by atoms with Crippen molar-refractivity contribution in [3.8, 4) is 0 Å². The van der Waals surface area contributed by atoms with Crippen molar-refractivity contribution in [3.63, 3.8) is 0 Å². The summed E-state index contributed by atoms with van der Waals surface area (Å²) in [4.78, 5) is 3.94. The molecule has 0 radical (unpaired) electrons. The molecule has 0 atom stereocenters. The molecular formula is C13H12F2N2. The van der Waals surface area contributed by atoms with Crippen molar-refractivity contribution in [2.75, 3.05) is 5.73 Å². The van der Waals surface area contributed by atoms with E-state index in [4.69, 9.17) is 5.73 Å². The molecule has 1 heterocycles. The number of nitrogens with two attached hydrogens (primary N) is 1. The fourth-order valence-electron chi connectivity index (χ4n) is 1.67. The second kappa shape index (κ2) is 4.91. The number of hydrogen-bond donors (Lipinski definition) is 1. The molecule has 0 fully saturated rings. The van der Waals surface area contributed by atoms with Crippen LogP contribution in [0.4, 0.5) is 14.6 Å². The first-order chi connectivity index (χ1) is 8.18. The molecule has 88 valence electrons. The van der Waals surface area contributed by atoms with Crippen molar-refractivity contribution >= 4 is 5.82 Å². The van der Waals surface area contributed by atoms with Gasteiger partial charge in [0, 0.05) is 6.20 Å². The number of benzene rings is 1. The molecule has 0 saturated heterocycles. The smallest absolute Gasteiger partial charge is 0.162 e. The number of nitrogens with zero attached hydrogens (tertiary/aromatic N) is 1. The van der Waals surface area contributed by atoms with Gasteiger partial charge in [-0.3, -0.25) is 0 Å². The van der Waals surface area contributed by atoms with Crippen molar-refractivity contribution in [1.29, 1.82) is 0 Å². The highest BCUT2D eigenvalue weighted by molar-refractivity contribution is 5.39. The molecule has 0 spiro atoms. The molecule has 2 rings (SSSR count). The van der Waals surface area contributed by atoms with Crippen molar-refractivity contribution in [2.45, 2.75) is 12.8 Å². The van der Waals surface area contributed by atoms with Crippen LogP contribution in [0.15, 0.2) is 36.5 Å². The Kier molecular flexibility index (Phi) is 3.32. The zero-order chi connectivity index (χ0) is 12.3. The van der Waals surface area contributed by atoms with Crippen molar-refractivity contribution in [1.82, 2.24) is 4.98 Å². The topological polar surface area (TPSA) is 38.9 Å². The number of anilines is 1. The molecule has 2 N–H and O–H groups in total. The van der Waals surface area contributed by atoms with E-state index in [1.807, 2.05) is 6.07 Å². The van der Waals surface area contributed by atoms with Gasteiger partial charge in [-0.2, -0.15) is 0 Å². The Morgan fingerprint density at radius 2 is 1.71 bits per heavy atom. The van der Waals surface area contributed by atoms with E-state index in [1.54, 1.807) is 18.3 Å². The Morgan fingerprint density at radius 1 is 1.00 bits per heavy atom. The summed E-state index contributed by atoms with van der Waals surface area (Å²) in [6, 6.07) is 7.79. The molecule has 1 aromatic heterocycles. The largest absolute Gasteiger partial charge is 0.383 e. The van der Waals surface area contributed by atoms with Crippen LogP contribution in [0.3, 0.4) is 0 Å². The predicted octanol–water partition coefficient (Wildman–Crippen LogP) is 2.73. The third-order valence-electron chi connectivity index (χ3n) is 2.62. The van der Waals surface area contributed by atoms with Gasteiger partial charge in [-0.1, -0.05) is 18.2 Å². The Bertz CT molecular complexity index is 527. The molecule has 0 saturated carbocycles. The predicted molar refractivity (Wildman–Crippen MR) is 62.4 cm³/mol. The average Bonchev–Trinajstić information content (AvgIpc) is 2.33. The first-order valence-electron chi connectivity index (χ1n) is 5.30. The van der Waals surface area contributed by atoms with Gasteiger partial charge in [-0.05, 0) is 36.1 Å². The fraction of sp³-hybridized carbons (Fsp3) is 0.154. The summed E-state index contributed by atoms with van der Waals surface area (Å²) in [7, 11) is 0. The van der Waals surface area contributed by atoms with Gasteiger partial charge >= 0.3 is 0 Å². The Labute approximate surface area is 98.1 Å². The van der Waals surface area contributed by atoms with Crippen LogP contribution in [0, 0.1) is 11.6 Å². The van der Waals surface area contributed by atoms with Crippen LogP contribution >= 0.6 is 0 Å². The van der Waals surface area contributed by atoms with E-state index >= 15 is 0 Å². The van der Waals surface area contributed by atoms with Gasteiger partial charge in [0.05, 0.1) is 0 Å². The summed E-state index contributed by atoms with van der Waals surface area (Å²) in [5.41, 5.74) is 6.87. The number of halogens is 2. The summed E-state index contributed by atoms with van der Waals surface area (Å²) in [5.74, 6) is -1.17. The van der Waals surface area contributed by atoms with Gasteiger partial charge in [0.15, 0.2) is 11.6 Å². The van der Waals surface area contributed by atoms with Crippen LogP contribution in [0.1, 0.15) is 11.1 Å². The third kappa shape index (κ3) is 2.58. The van der Waals surface area contributed by atoms with Crippen LogP contribution in [0.5, 0.6) is 0 Å². The van der Waals surface area contributed by atoms with E-state index < -0.39 is 11.6 Å². The van der Waals surface area contributed by atoms with E-state index in [-0.39, 0.29) is 0 Å². The van der Waals surface area contributed by atoms with Crippen LogP contribution < -0.4 is 5.73 Å². The maximum Gasteiger partial charge on any atom is 0.162 e. The second-order valence-corrected chi connectivity index (χ2v) is 3.76. The van der Waals surface area contributed by atoms with E-state index in [0.717, 1.165) is 11.6 Å². The lowest BCUT2D eigenvalue weighted by atomic mass is 10.0. The number of aromatic nitrogens is 1. The van der Waals surface area contributed by atoms with Crippen LogP contribution in [-0.2, 0) is 12.8 Å². The quantitative estimate of drug-likeness (QED) is 0.886. The molecule has 0 amide bonds. The van der Waals surface area contributed by atoms with Crippen molar-refractivity contribution in [2.24, 2.45) is 0 Å². The van der Waals surface area contributed by atoms with E-state index in [1.165, 1.54) is 6.07 Å². The lowest BCUT2D eigenvalue weighted by Gasteiger charge is -2.05. The molecule has 0 aliphatic rings. The number of pyridine rings is 1. The summed E-state index contributed by atoms with van der Waals surface area (Å²) in [6.45, 7) is 0. The van der Waals surface area contributed by atoms with E-state index in [0.29, 0.717) is 24.2 Å². The van der Waals surface area contributed by atoms with Gasteiger partial charge in [0.25, 0.3) is 0 Å². The van der Waals surface area contributed by atoms with E-state index in [2.05, 4.69) is 4.98 Å². The standard InChI is InChI=1S/C13H12F2N2/c14-11-5-1-3-9(12(11)15)6-7-10-4-2-8-17-13(10)16/h1-5,8H,6-7H2,(H2,16,17). The minimum atomic E-state index is -0.818. The first-order valence-corrected chi connectivity index (χ1v) is 5.30. The molecule has 0 unspecified atom stereocenters. The van der Waals surface area contributed by atoms with Crippen molar-refractivity contribution < 1.29 is 8.78 Å². The number of aryl methyl sites for hydroxylation is 2. The highest BCUT2D eigenvalue weighted by Gasteiger charge is 2.08. The zero-order valence-electron chi connectivity index (χ0n) is 9.16. The SMILES string of the molecule is Nc1ncccc1CCc1cccc(F)c1F. The lowest BCUT2D eigenvalue weighted by molar-refractivity contribution is 0.498. The highest BCUT2D eigenvalue weighted by Crippen LogP contribution is 2.16.